The second-order valence-corrected chi connectivity index (χ2v) is 9.93. The number of aryl methyl sites for hydroxylation is 2. The molecular weight excluding hydrogens is 396 g/mol. The molecule has 1 N–H and O–H groups in total. The van der Waals surface area contributed by atoms with E-state index >= 15 is 0 Å². The summed E-state index contributed by atoms with van der Waals surface area (Å²) in [5, 5.41) is 2.84. The second-order valence-electron chi connectivity index (χ2n) is 8.72. The van der Waals surface area contributed by atoms with Crippen LogP contribution < -0.4 is 5.32 Å². The number of hydrogen-bond acceptors (Lipinski definition) is 4. The van der Waals surface area contributed by atoms with E-state index in [0.29, 0.717) is 18.7 Å². The number of imidazole rings is 1. The topological polar surface area (TPSA) is 66.7 Å². The Bertz CT molecular complexity index is 1060. The third-order valence-electron chi connectivity index (χ3n) is 5.19. The summed E-state index contributed by atoms with van der Waals surface area (Å²) in [5.74, 6) is -0.173. The number of aromatic nitrogens is 2. The molecule has 6 nitrogen and oxygen atoms in total. The number of thiazole rings is 1. The van der Waals surface area contributed by atoms with Crippen LogP contribution in [0, 0.1) is 13.8 Å². The van der Waals surface area contributed by atoms with Gasteiger partial charge in [0.2, 0.25) is 5.91 Å². The van der Waals surface area contributed by atoms with Gasteiger partial charge >= 0.3 is 0 Å². The van der Waals surface area contributed by atoms with Crippen LogP contribution >= 0.6 is 11.3 Å². The van der Waals surface area contributed by atoms with Crippen LogP contribution in [-0.2, 0) is 16.8 Å². The predicted molar refractivity (Wildman–Crippen MR) is 121 cm³/mol. The first kappa shape index (κ1) is 22.0. The Morgan fingerprint density at radius 2 is 1.83 bits per heavy atom. The van der Waals surface area contributed by atoms with E-state index in [1.165, 1.54) is 10.4 Å². The number of nitrogens with zero attached hydrogens (tertiary/aromatic N) is 3. The molecule has 0 aliphatic carbocycles. The number of rotatable bonds is 6. The Balaban J connectivity index is 1.52. The number of nitrogens with one attached hydrogen (secondary N) is 1. The fraction of sp³-hybridized carbons (Fsp3) is 0.435. The van der Waals surface area contributed by atoms with Gasteiger partial charge in [-0.15, -0.1) is 11.3 Å². The van der Waals surface area contributed by atoms with E-state index < -0.39 is 0 Å². The number of carbonyl (C=O) groups is 2. The Morgan fingerprint density at radius 3 is 2.47 bits per heavy atom. The standard InChI is InChI=1S/C23H30N4O2S/c1-15-13-27-19(16(2)25-22(27)30-15)14-26(6)20(28)11-12-24-21(29)17-7-9-18(10-8-17)23(3,4)5/h7-10,13H,11-12,14H2,1-6H3,(H,24,29). The Hall–Kier alpha value is -2.67. The van der Waals surface area contributed by atoms with Crippen LogP contribution in [0.2, 0.25) is 0 Å². The molecule has 0 saturated heterocycles. The van der Waals surface area contributed by atoms with Gasteiger partial charge in [0.25, 0.3) is 5.91 Å². The molecule has 2 amide bonds. The van der Waals surface area contributed by atoms with Crippen LogP contribution in [0.4, 0.5) is 0 Å². The van der Waals surface area contributed by atoms with E-state index in [4.69, 9.17) is 0 Å². The zero-order valence-electron chi connectivity index (χ0n) is 18.6. The van der Waals surface area contributed by atoms with Crippen LogP contribution in [0.15, 0.2) is 30.5 Å². The summed E-state index contributed by atoms with van der Waals surface area (Å²) in [6.07, 6.45) is 2.31. The molecular formula is C23H30N4O2S. The molecule has 3 rings (SSSR count). The average Bonchev–Trinajstić information content (AvgIpc) is 3.16. The van der Waals surface area contributed by atoms with E-state index in [1.807, 2.05) is 38.1 Å². The van der Waals surface area contributed by atoms with E-state index in [9.17, 15) is 9.59 Å². The van der Waals surface area contributed by atoms with Gasteiger partial charge in [-0.1, -0.05) is 32.9 Å². The maximum Gasteiger partial charge on any atom is 0.251 e. The molecule has 0 radical (unpaired) electrons. The third-order valence-corrected chi connectivity index (χ3v) is 6.09. The Kier molecular flexibility index (Phi) is 6.31. The summed E-state index contributed by atoms with van der Waals surface area (Å²) >= 11 is 1.64. The zero-order chi connectivity index (χ0) is 22.1. The van der Waals surface area contributed by atoms with Crippen molar-refractivity contribution in [3.05, 3.63) is 57.9 Å². The van der Waals surface area contributed by atoms with Gasteiger partial charge < -0.3 is 10.2 Å². The van der Waals surface area contributed by atoms with Gasteiger partial charge in [0.05, 0.1) is 17.9 Å². The zero-order valence-corrected chi connectivity index (χ0v) is 19.4. The van der Waals surface area contributed by atoms with E-state index in [2.05, 4.69) is 41.7 Å². The lowest BCUT2D eigenvalue weighted by atomic mass is 9.87. The van der Waals surface area contributed by atoms with Crippen molar-refractivity contribution in [2.24, 2.45) is 0 Å². The molecule has 0 fully saturated rings. The highest BCUT2D eigenvalue weighted by Crippen LogP contribution is 2.23. The van der Waals surface area contributed by atoms with Crippen molar-refractivity contribution < 1.29 is 9.59 Å². The molecule has 0 spiro atoms. The van der Waals surface area contributed by atoms with Gasteiger partial charge in [0.1, 0.15) is 0 Å². The van der Waals surface area contributed by atoms with Crippen molar-refractivity contribution in [2.45, 2.75) is 53.0 Å². The first-order chi connectivity index (χ1) is 14.1. The van der Waals surface area contributed by atoms with E-state index in [1.54, 1.807) is 23.3 Å². The predicted octanol–water partition coefficient (Wildman–Crippen LogP) is 4.09. The van der Waals surface area contributed by atoms with Crippen LogP contribution in [-0.4, -0.2) is 39.7 Å². The van der Waals surface area contributed by atoms with Crippen LogP contribution in [0.5, 0.6) is 0 Å². The molecule has 0 aliphatic rings. The van der Waals surface area contributed by atoms with Gasteiger partial charge in [-0.25, -0.2) is 4.98 Å². The average molecular weight is 427 g/mol. The number of amides is 2. The van der Waals surface area contributed by atoms with E-state index in [-0.39, 0.29) is 23.7 Å². The lowest BCUT2D eigenvalue weighted by Crippen LogP contribution is -2.32. The lowest BCUT2D eigenvalue weighted by molar-refractivity contribution is -0.130. The molecule has 0 unspecified atom stereocenters. The lowest BCUT2D eigenvalue weighted by Gasteiger charge is -2.19. The molecule has 0 atom stereocenters. The van der Waals surface area contributed by atoms with Crippen LogP contribution in [0.3, 0.4) is 0 Å². The maximum atomic E-state index is 12.5. The molecule has 0 aliphatic heterocycles. The molecule has 0 bridgehead atoms. The summed E-state index contributed by atoms with van der Waals surface area (Å²) in [5.41, 5.74) is 3.80. The summed E-state index contributed by atoms with van der Waals surface area (Å²) in [7, 11) is 1.79. The molecule has 160 valence electrons. The highest BCUT2D eigenvalue weighted by molar-refractivity contribution is 7.17. The van der Waals surface area contributed by atoms with Crippen molar-refractivity contribution in [1.82, 2.24) is 19.6 Å². The number of fused-ring (bicyclic) bond motifs is 1. The minimum atomic E-state index is -0.159. The highest BCUT2D eigenvalue weighted by Gasteiger charge is 2.17. The molecule has 7 heteroatoms. The van der Waals surface area contributed by atoms with Gasteiger partial charge in [-0.3, -0.25) is 14.0 Å². The minimum absolute atomic E-state index is 0.0142. The molecule has 3 aromatic rings. The van der Waals surface area contributed by atoms with Crippen LogP contribution in [0.1, 0.15) is 59.4 Å². The first-order valence-corrected chi connectivity index (χ1v) is 10.9. The smallest absolute Gasteiger partial charge is 0.251 e. The molecule has 2 aromatic heterocycles. The molecule has 30 heavy (non-hydrogen) atoms. The summed E-state index contributed by atoms with van der Waals surface area (Å²) in [6.45, 7) is 11.2. The van der Waals surface area contributed by atoms with Gasteiger partial charge in [0, 0.05) is 36.7 Å². The third kappa shape index (κ3) is 4.90. The fourth-order valence-electron chi connectivity index (χ4n) is 3.31. The van der Waals surface area contributed by atoms with Gasteiger partial charge in [-0.2, -0.15) is 0 Å². The molecule has 2 heterocycles. The molecule has 0 saturated carbocycles. The number of carbonyl (C=O) groups excluding carboxylic acids is 2. The normalized spacial score (nSPS) is 11.7. The quantitative estimate of drug-likeness (QED) is 0.646. The summed E-state index contributed by atoms with van der Waals surface area (Å²) < 4.78 is 2.06. The number of benzene rings is 1. The maximum absolute atomic E-state index is 12.5. The summed E-state index contributed by atoms with van der Waals surface area (Å²) in [6, 6.07) is 7.63. The molecule has 1 aromatic carbocycles. The SMILES string of the molecule is Cc1cn2c(CN(C)C(=O)CCNC(=O)c3ccc(C(C)(C)C)cc3)c(C)nc2s1. The van der Waals surface area contributed by atoms with Crippen molar-refractivity contribution in [2.75, 3.05) is 13.6 Å². The number of hydrogen-bond donors (Lipinski definition) is 1. The van der Waals surface area contributed by atoms with Gasteiger partial charge in [0.15, 0.2) is 4.96 Å². The van der Waals surface area contributed by atoms with Crippen molar-refractivity contribution in [3.63, 3.8) is 0 Å². The Morgan fingerprint density at radius 1 is 1.17 bits per heavy atom. The summed E-state index contributed by atoms with van der Waals surface area (Å²) in [4.78, 5) is 33.3. The minimum Gasteiger partial charge on any atom is -0.352 e. The van der Waals surface area contributed by atoms with Crippen molar-refractivity contribution in [3.8, 4) is 0 Å². The largest absolute Gasteiger partial charge is 0.352 e. The monoisotopic (exact) mass is 426 g/mol. The van der Waals surface area contributed by atoms with Crippen molar-refractivity contribution in [1.29, 1.82) is 0 Å². The highest BCUT2D eigenvalue weighted by atomic mass is 32.1. The first-order valence-electron chi connectivity index (χ1n) is 10.1. The fourth-order valence-corrected chi connectivity index (χ4v) is 4.20. The van der Waals surface area contributed by atoms with E-state index in [0.717, 1.165) is 16.3 Å². The van der Waals surface area contributed by atoms with Crippen molar-refractivity contribution >= 4 is 28.1 Å². The Labute approximate surface area is 181 Å². The second kappa shape index (κ2) is 8.60. The van der Waals surface area contributed by atoms with Gasteiger partial charge in [-0.05, 0) is 37.0 Å². The van der Waals surface area contributed by atoms with Crippen LogP contribution in [0.25, 0.3) is 4.96 Å².